The second-order valence-corrected chi connectivity index (χ2v) is 9.65. The van der Waals surface area contributed by atoms with Gasteiger partial charge in [0.2, 0.25) is 0 Å². The van der Waals surface area contributed by atoms with Crippen LogP contribution >= 0.6 is 11.3 Å². The van der Waals surface area contributed by atoms with Crippen molar-refractivity contribution in [1.29, 1.82) is 0 Å². The molecule has 2 heterocycles. The predicted octanol–water partition coefficient (Wildman–Crippen LogP) is 2.79. The van der Waals surface area contributed by atoms with Crippen molar-refractivity contribution in [2.45, 2.75) is 19.9 Å². The number of benzene rings is 2. The third-order valence-corrected chi connectivity index (χ3v) is 7.00. The van der Waals surface area contributed by atoms with Crippen LogP contribution < -0.4 is 29.3 Å². The van der Waals surface area contributed by atoms with Gasteiger partial charge in [0, 0.05) is 43.7 Å². The van der Waals surface area contributed by atoms with Gasteiger partial charge in [-0.15, -0.1) is 0 Å². The molecular formula is C27H28N4O7S. The van der Waals surface area contributed by atoms with E-state index in [2.05, 4.69) is 4.99 Å². The lowest BCUT2D eigenvalue weighted by atomic mass is 9.97. The monoisotopic (exact) mass is 552 g/mol. The van der Waals surface area contributed by atoms with Crippen molar-refractivity contribution in [3.8, 4) is 11.5 Å². The fourth-order valence-corrected chi connectivity index (χ4v) is 5.27. The number of non-ortho nitro benzene ring substituents is 1. The second-order valence-electron chi connectivity index (χ2n) is 8.64. The largest absolute Gasteiger partial charge is 0.490 e. The number of fused-ring (bicyclic) bond motifs is 1. The molecule has 12 heteroatoms. The lowest BCUT2D eigenvalue weighted by molar-refractivity contribution is -0.384. The van der Waals surface area contributed by atoms with Crippen LogP contribution in [-0.4, -0.2) is 49.9 Å². The zero-order valence-corrected chi connectivity index (χ0v) is 23.0. The Morgan fingerprint density at radius 1 is 1.15 bits per heavy atom. The van der Waals surface area contributed by atoms with Crippen LogP contribution in [0.1, 0.15) is 31.0 Å². The minimum Gasteiger partial charge on any atom is -0.490 e. The summed E-state index contributed by atoms with van der Waals surface area (Å²) in [7, 11) is 4.88. The quantitative estimate of drug-likeness (QED) is 0.225. The smallest absolute Gasteiger partial charge is 0.337 e. The van der Waals surface area contributed by atoms with Gasteiger partial charge in [-0.25, -0.2) is 9.79 Å². The first-order chi connectivity index (χ1) is 18.7. The molecule has 2 aromatic carbocycles. The first-order valence-electron chi connectivity index (χ1n) is 12.1. The number of nitrogens with zero attached hydrogens (tertiary/aromatic N) is 4. The number of ether oxygens (including phenoxy) is 3. The summed E-state index contributed by atoms with van der Waals surface area (Å²) in [5.74, 6) is 0.395. The van der Waals surface area contributed by atoms with E-state index < -0.39 is 22.5 Å². The second kappa shape index (κ2) is 11.5. The number of rotatable bonds is 9. The zero-order chi connectivity index (χ0) is 28.3. The Bertz CT molecular complexity index is 1640. The molecule has 0 radical (unpaired) electrons. The maximum Gasteiger partial charge on any atom is 0.337 e. The molecule has 0 spiro atoms. The van der Waals surface area contributed by atoms with Gasteiger partial charge in [-0.2, -0.15) is 0 Å². The molecule has 0 amide bonds. The number of hydrogen-bond acceptors (Lipinski definition) is 10. The fourth-order valence-electron chi connectivity index (χ4n) is 4.31. The van der Waals surface area contributed by atoms with Crippen LogP contribution in [0.15, 0.2) is 58.0 Å². The molecule has 0 fully saturated rings. The lowest BCUT2D eigenvalue weighted by Crippen LogP contribution is -2.39. The third kappa shape index (κ3) is 5.41. The molecule has 3 aromatic rings. The van der Waals surface area contributed by atoms with Crippen molar-refractivity contribution >= 4 is 34.8 Å². The van der Waals surface area contributed by atoms with Crippen LogP contribution in [0.4, 0.5) is 11.4 Å². The maximum absolute atomic E-state index is 13.8. The average Bonchev–Trinajstić information content (AvgIpc) is 3.23. The molecule has 4 rings (SSSR count). The highest BCUT2D eigenvalue weighted by Gasteiger charge is 2.31. The van der Waals surface area contributed by atoms with Crippen LogP contribution in [0.2, 0.25) is 0 Å². The van der Waals surface area contributed by atoms with Gasteiger partial charge < -0.3 is 19.1 Å². The summed E-state index contributed by atoms with van der Waals surface area (Å²) in [6, 6.07) is 8.87. The van der Waals surface area contributed by atoms with E-state index in [1.165, 1.54) is 30.0 Å². The number of aromatic nitrogens is 1. The number of esters is 1. The van der Waals surface area contributed by atoms with Gasteiger partial charge in [0.15, 0.2) is 16.3 Å². The van der Waals surface area contributed by atoms with Gasteiger partial charge in [0.05, 0.1) is 41.4 Å². The summed E-state index contributed by atoms with van der Waals surface area (Å²) in [5, 5.41) is 11.4. The number of carbonyl (C=O) groups excluding carboxylic acids is 1. The van der Waals surface area contributed by atoms with Crippen LogP contribution in [-0.2, 0) is 9.53 Å². The van der Waals surface area contributed by atoms with Crippen LogP contribution in [0.3, 0.4) is 0 Å². The van der Waals surface area contributed by atoms with Crippen LogP contribution in [0.5, 0.6) is 11.5 Å². The summed E-state index contributed by atoms with van der Waals surface area (Å²) >= 11 is 1.12. The summed E-state index contributed by atoms with van der Waals surface area (Å²) in [4.78, 5) is 44.1. The highest BCUT2D eigenvalue weighted by atomic mass is 32.1. The molecule has 11 nitrogen and oxygen atoms in total. The van der Waals surface area contributed by atoms with Gasteiger partial charge in [-0.3, -0.25) is 19.5 Å². The van der Waals surface area contributed by atoms with E-state index in [0.29, 0.717) is 50.9 Å². The van der Waals surface area contributed by atoms with Crippen molar-refractivity contribution in [3.63, 3.8) is 0 Å². The molecule has 1 aromatic heterocycles. The molecule has 39 heavy (non-hydrogen) atoms. The Labute approximate surface area is 228 Å². The first kappa shape index (κ1) is 27.6. The molecule has 0 N–H and O–H groups in total. The Kier molecular flexibility index (Phi) is 8.15. The highest BCUT2D eigenvalue weighted by Crippen LogP contribution is 2.35. The highest BCUT2D eigenvalue weighted by molar-refractivity contribution is 7.07. The normalized spacial score (nSPS) is 14.6. The van der Waals surface area contributed by atoms with E-state index in [1.54, 1.807) is 35.2 Å². The number of hydrogen-bond donors (Lipinski definition) is 0. The van der Waals surface area contributed by atoms with E-state index in [0.717, 1.165) is 11.3 Å². The molecule has 1 atom stereocenters. The van der Waals surface area contributed by atoms with E-state index in [9.17, 15) is 19.7 Å². The third-order valence-electron chi connectivity index (χ3n) is 6.00. The van der Waals surface area contributed by atoms with Crippen molar-refractivity contribution in [2.75, 3.05) is 39.3 Å². The van der Waals surface area contributed by atoms with E-state index >= 15 is 0 Å². The Morgan fingerprint density at radius 3 is 2.51 bits per heavy atom. The molecule has 0 aliphatic carbocycles. The van der Waals surface area contributed by atoms with Gasteiger partial charge in [-0.1, -0.05) is 17.4 Å². The molecule has 0 unspecified atom stereocenters. The number of carbonyl (C=O) groups is 1. The van der Waals surface area contributed by atoms with Crippen molar-refractivity contribution in [2.24, 2.45) is 4.99 Å². The molecule has 204 valence electrons. The van der Waals surface area contributed by atoms with Crippen molar-refractivity contribution in [1.82, 2.24) is 4.57 Å². The molecule has 0 saturated heterocycles. The number of nitro groups is 1. The minimum absolute atomic E-state index is 0.0941. The van der Waals surface area contributed by atoms with Crippen molar-refractivity contribution < 1.29 is 23.9 Å². The Morgan fingerprint density at radius 2 is 1.87 bits per heavy atom. The van der Waals surface area contributed by atoms with Gasteiger partial charge in [0.1, 0.15) is 0 Å². The molecule has 0 bridgehead atoms. The number of nitro benzene ring substituents is 1. The summed E-state index contributed by atoms with van der Waals surface area (Å²) in [6.45, 7) is 4.54. The number of anilines is 1. The average molecular weight is 553 g/mol. The molecule has 1 aliphatic rings. The predicted molar refractivity (Wildman–Crippen MR) is 147 cm³/mol. The maximum atomic E-state index is 13.8. The molecule has 1 aliphatic heterocycles. The SMILES string of the molecule is CCOc1ccc([C@@H]2C(C(=O)OC)=CN=c3s/c(=C\c4cc([N+](=O)[O-])ccc4N(C)C)c(=O)n32)cc1OCC. The van der Waals surface area contributed by atoms with Crippen molar-refractivity contribution in [3.05, 3.63) is 89.1 Å². The summed E-state index contributed by atoms with van der Waals surface area (Å²) < 4.78 is 18.2. The summed E-state index contributed by atoms with van der Waals surface area (Å²) in [6.07, 6.45) is 3.01. The summed E-state index contributed by atoms with van der Waals surface area (Å²) in [5.41, 5.74) is 1.48. The van der Waals surface area contributed by atoms with Gasteiger partial charge >= 0.3 is 5.97 Å². The van der Waals surface area contributed by atoms with E-state index in [4.69, 9.17) is 14.2 Å². The first-order valence-corrected chi connectivity index (χ1v) is 13.0. The lowest BCUT2D eigenvalue weighted by Gasteiger charge is -2.23. The fraction of sp³-hybridized carbons (Fsp3) is 0.296. The standard InChI is InChI=1S/C27H28N4O7S/c1-6-37-21-11-8-16(13-22(21)38-7-2)24-19(26(33)36-5)15-28-27-30(24)25(32)23(39-27)14-17-12-18(31(34)35)9-10-20(17)29(3)4/h8-15,24H,6-7H2,1-5H3/b23-14-/t24-/m1/s1. The zero-order valence-electron chi connectivity index (χ0n) is 22.2. The Hall–Kier alpha value is -4.45. The van der Waals surface area contributed by atoms with Crippen LogP contribution in [0, 0.1) is 10.1 Å². The van der Waals surface area contributed by atoms with E-state index in [-0.39, 0.29) is 11.3 Å². The molecular weight excluding hydrogens is 524 g/mol. The minimum atomic E-state index is -0.843. The van der Waals surface area contributed by atoms with E-state index in [1.807, 2.05) is 27.9 Å². The van der Waals surface area contributed by atoms with Gasteiger partial charge in [-0.05, 0) is 43.7 Å². The topological polar surface area (TPSA) is 126 Å². The Balaban J connectivity index is 1.94. The van der Waals surface area contributed by atoms with Crippen LogP contribution in [0.25, 0.3) is 6.08 Å². The number of methoxy groups -OCH3 is 1. The number of thiazole rings is 1. The van der Waals surface area contributed by atoms with Gasteiger partial charge in [0.25, 0.3) is 11.2 Å². The molecule has 0 saturated carbocycles.